The molecule has 17 heavy (non-hydrogen) atoms. The highest BCUT2D eigenvalue weighted by Crippen LogP contribution is 2.25. The van der Waals surface area contributed by atoms with Crippen LogP contribution in [0.1, 0.15) is 17.3 Å². The van der Waals surface area contributed by atoms with Gasteiger partial charge < -0.3 is 19.3 Å². The SMILES string of the molecule is COc1ccc(C(=O)O)c(OCC(C)OC)c1. The van der Waals surface area contributed by atoms with Crippen LogP contribution in [0.3, 0.4) is 0 Å². The Hall–Kier alpha value is -1.75. The van der Waals surface area contributed by atoms with E-state index in [1.54, 1.807) is 19.2 Å². The molecule has 0 spiro atoms. The maximum absolute atomic E-state index is 11.0. The van der Waals surface area contributed by atoms with Gasteiger partial charge in [-0.05, 0) is 19.1 Å². The summed E-state index contributed by atoms with van der Waals surface area (Å²) in [6.45, 7) is 2.12. The number of carbonyl (C=O) groups is 1. The summed E-state index contributed by atoms with van der Waals surface area (Å²) >= 11 is 0. The standard InChI is InChI=1S/C12H16O5/c1-8(15-2)7-17-11-6-9(16-3)4-5-10(11)12(13)14/h4-6,8H,7H2,1-3H3,(H,13,14). The molecule has 0 aromatic heterocycles. The van der Waals surface area contributed by atoms with E-state index in [-0.39, 0.29) is 24.0 Å². The van der Waals surface area contributed by atoms with Crippen molar-refractivity contribution in [1.82, 2.24) is 0 Å². The molecule has 0 aliphatic carbocycles. The third-order valence-electron chi connectivity index (χ3n) is 2.30. The smallest absolute Gasteiger partial charge is 0.339 e. The first-order chi connectivity index (χ1) is 8.08. The number of rotatable bonds is 6. The van der Waals surface area contributed by atoms with Crippen LogP contribution in [0.2, 0.25) is 0 Å². The van der Waals surface area contributed by atoms with Crippen LogP contribution in [0, 0.1) is 0 Å². The number of benzene rings is 1. The molecular weight excluding hydrogens is 224 g/mol. The molecule has 1 aromatic rings. The molecule has 1 unspecified atom stereocenters. The molecule has 1 rings (SSSR count). The van der Waals surface area contributed by atoms with Crippen molar-refractivity contribution in [3.05, 3.63) is 23.8 Å². The van der Waals surface area contributed by atoms with Crippen molar-refractivity contribution in [2.24, 2.45) is 0 Å². The number of hydrogen-bond donors (Lipinski definition) is 1. The molecular formula is C12H16O5. The first kappa shape index (κ1) is 13.3. The van der Waals surface area contributed by atoms with E-state index < -0.39 is 5.97 Å². The Bertz CT molecular complexity index is 388. The van der Waals surface area contributed by atoms with Crippen molar-refractivity contribution >= 4 is 5.97 Å². The van der Waals surface area contributed by atoms with E-state index in [9.17, 15) is 4.79 Å². The lowest BCUT2D eigenvalue weighted by Gasteiger charge is -2.14. The molecule has 0 aliphatic heterocycles. The average molecular weight is 240 g/mol. The van der Waals surface area contributed by atoms with Crippen LogP contribution in [-0.4, -0.2) is 38.0 Å². The largest absolute Gasteiger partial charge is 0.497 e. The molecule has 5 nitrogen and oxygen atoms in total. The summed E-state index contributed by atoms with van der Waals surface area (Å²) in [6, 6.07) is 4.58. The van der Waals surface area contributed by atoms with E-state index >= 15 is 0 Å². The number of hydrogen-bond acceptors (Lipinski definition) is 4. The summed E-state index contributed by atoms with van der Waals surface area (Å²) in [7, 11) is 3.08. The van der Waals surface area contributed by atoms with Gasteiger partial charge in [0.25, 0.3) is 0 Å². The van der Waals surface area contributed by atoms with Gasteiger partial charge in [0.05, 0.1) is 13.2 Å². The van der Waals surface area contributed by atoms with Gasteiger partial charge in [-0.3, -0.25) is 0 Å². The van der Waals surface area contributed by atoms with Gasteiger partial charge in [-0.1, -0.05) is 0 Å². The molecule has 1 N–H and O–H groups in total. The molecule has 0 saturated heterocycles. The van der Waals surface area contributed by atoms with Gasteiger partial charge in [0.15, 0.2) is 0 Å². The van der Waals surface area contributed by atoms with E-state index in [0.29, 0.717) is 5.75 Å². The Kier molecular flexibility index (Phi) is 4.78. The normalized spacial score (nSPS) is 11.9. The predicted octanol–water partition coefficient (Wildman–Crippen LogP) is 1.81. The molecule has 94 valence electrons. The Balaban J connectivity index is 2.89. The molecule has 0 heterocycles. The Morgan fingerprint density at radius 1 is 1.41 bits per heavy atom. The van der Waals surface area contributed by atoms with Gasteiger partial charge >= 0.3 is 5.97 Å². The Morgan fingerprint density at radius 3 is 2.65 bits per heavy atom. The highest BCUT2D eigenvalue weighted by molar-refractivity contribution is 5.91. The highest BCUT2D eigenvalue weighted by atomic mass is 16.5. The number of ether oxygens (including phenoxy) is 3. The minimum atomic E-state index is -1.03. The van der Waals surface area contributed by atoms with Gasteiger partial charge in [0.2, 0.25) is 0 Å². The summed E-state index contributed by atoms with van der Waals surface area (Å²) in [5.41, 5.74) is 0.106. The summed E-state index contributed by atoms with van der Waals surface area (Å²) in [6.07, 6.45) is -0.108. The third-order valence-corrected chi connectivity index (χ3v) is 2.30. The number of carboxylic acids is 1. The molecule has 0 radical (unpaired) electrons. The quantitative estimate of drug-likeness (QED) is 0.821. The van der Waals surface area contributed by atoms with Crippen molar-refractivity contribution < 1.29 is 24.1 Å². The maximum atomic E-state index is 11.0. The number of carboxylic acid groups (broad SMARTS) is 1. The lowest BCUT2D eigenvalue weighted by atomic mass is 10.2. The summed E-state index contributed by atoms with van der Waals surface area (Å²) < 4.78 is 15.5. The van der Waals surface area contributed by atoms with Crippen molar-refractivity contribution in [3.63, 3.8) is 0 Å². The summed E-state index contributed by atoms with van der Waals surface area (Å²) in [4.78, 5) is 11.0. The first-order valence-electron chi connectivity index (χ1n) is 5.15. The predicted molar refractivity (Wildman–Crippen MR) is 61.9 cm³/mol. The van der Waals surface area contributed by atoms with Crippen LogP contribution in [0.25, 0.3) is 0 Å². The van der Waals surface area contributed by atoms with Gasteiger partial charge in [0, 0.05) is 13.2 Å². The molecule has 0 amide bonds. The van der Waals surface area contributed by atoms with Gasteiger partial charge in [-0.25, -0.2) is 4.79 Å². The number of aromatic carboxylic acids is 1. The fraction of sp³-hybridized carbons (Fsp3) is 0.417. The molecule has 1 atom stereocenters. The average Bonchev–Trinajstić information content (AvgIpc) is 2.35. The Labute approximate surface area is 99.9 Å². The second-order valence-corrected chi connectivity index (χ2v) is 3.52. The van der Waals surface area contributed by atoms with E-state index in [1.807, 2.05) is 6.92 Å². The molecule has 0 saturated carbocycles. The lowest BCUT2D eigenvalue weighted by molar-refractivity contribution is 0.0645. The zero-order valence-electron chi connectivity index (χ0n) is 10.1. The minimum Gasteiger partial charge on any atom is -0.497 e. The van der Waals surface area contributed by atoms with Crippen molar-refractivity contribution in [3.8, 4) is 11.5 Å². The second kappa shape index (κ2) is 6.10. The second-order valence-electron chi connectivity index (χ2n) is 3.52. The lowest BCUT2D eigenvalue weighted by Crippen LogP contribution is -2.17. The van der Waals surface area contributed by atoms with Crippen molar-refractivity contribution in [2.45, 2.75) is 13.0 Å². The van der Waals surface area contributed by atoms with E-state index in [4.69, 9.17) is 19.3 Å². The molecule has 0 fully saturated rings. The van der Waals surface area contributed by atoms with Crippen LogP contribution in [0.15, 0.2) is 18.2 Å². The van der Waals surface area contributed by atoms with Crippen molar-refractivity contribution in [2.75, 3.05) is 20.8 Å². The first-order valence-corrected chi connectivity index (χ1v) is 5.15. The number of methoxy groups -OCH3 is 2. The van der Waals surface area contributed by atoms with Crippen molar-refractivity contribution in [1.29, 1.82) is 0 Å². The monoisotopic (exact) mass is 240 g/mol. The molecule has 0 aliphatic rings. The Morgan fingerprint density at radius 2 is 2.12 bits per heavy atom. The van der Waals surface area contributed by atoms with Crippen LogP contribution in [-0.2, 0) is 4.74 Å². The zero-order chi connectivity index (χ0) is 12.8. The van der Waals surface area contributed by atoms with Gasteiger partial charge in [-0.2, -0.15) is 0 Å². The summed E-state index contributed by atoms with van der Waals surface area (Å²) in [5.74, 6) is -0.205. The van der Waals surface area contributed by atoms with E-state index in [1.165, 1.54) is 13.2 Å². The topological polar surface area (TPSA) is 65.0 Å². The van der Waals surface area contributed by atoms with E-state index in [2.05, 4.69) is 0 Å². The van der Waals surface area contributed by atoms with Gasteiger partial charge in [0.1, 0.15) is 23.7 Å². The van der Waals surface area contributed by atoms with Crippen LogP contribution in [0.5, 0.6) is 11.5 Å². The zero-order valence-corrected chi connectivity index (χ0v) is 10.1. The van der Waals surface area contributed by atoms with Crippen LogP contribution < -0.4 is 9.47 Å². The van der Waals surface area contributed by atoms with Crippen LogP contribution in [0.4, 0.5) is 0 Å². The molecule has 0 bridgehead atoms. The van der Waals surface area contributed by atoms with Gasteiger partial charge in [-0.15, -0.1) is 0 Å². The fourth-order valence-electron chi connectivity index (χ4n) is 1.20. The molecule has 5 heteroatoms. The van der Waals surface area contributed by atoms with E-state index in [0.717, 1.165) is 0 Å². The highest BCUT2D eigenvalue weighted by Gasteiger charge is 2.13. The summed E-state index contributed by atoms with van der Waals surface area (Å²) in [5, 5.41) is 9.00. The minimum absolute atomic E-state index is 0.106. The van der Waals surface area contributed by atoms with Crippen LogP contribution >= 0.6 is 0 Å². The molecule has 1 aromatic carbocycles. The third kappa shape index (κ3) is 3.64. The fourth-order valence-corrected chi connectivity index (χ4v) is 1.20. The maximum Gasteiger partial charge on any atom is 0.339 e.